The molecule has 1 aliphatic rings. The third-order valence-corrected chi connectivity index (χ3v) is 2.92. The summed E-state index contributed by atoms with van der Waals surface area (Å²) in [5.74, 6) is 0.630. The molecule has 3 heteroatoms. The summed E-state index contributed by atoms with van der Waals surface area (Å²) in [6.07, 6.45) is 3.50. The van der Waals surface area contributed by atoms with Crippen LogP contribution in [-0.4, -0.2) is 0 Å². The van der Waals surface area contributed by atoms with Crippen LogP contribution in [-0.2, 0) is 27.3 Å². The van der Waals surface area contributed by atoms with Gasteiger partial charge in [-0.2, -0.15) is 0 Å². The molecule has 0 aliphatic heterocycles. The van der Waals surface area contributed by atoms with Crippen LogP contribution in [0.3, 0.4) is 0 Å². The van der Waals surface area contributed by atoms with Gasteiger partial charge in [0.05, 0.1) is 0 Å². The molecule has 0 nitrogen and oxygen atoms in total. The van der Waals surface area contributed by atoms with E-state index in [1.165, 1.54) is 27.8 Å². The predicted octanol–water partition coefficient (Wildman–Crippen LogP) is 5.45. The van der Waals surface area contributed by atoms with Crippen LogP contribution in [0.15, 0.2) is 17.7 Å². The fourth-order valence-corrected chi connectivity index (χ4v) is 2.30. The van der Waals surface area contributed by atoms with Gasteiger partial charge in [-0.1, -0.05) is 43.2 Å². The average molecular weight is 348 g/mol. The van der Waals surface area contributed by atoms with Gasteiger partial charge in [-0.3, -0.25) is 0 Å². The van der Waals surface area contributed by atoms with E-state index in [-0.39, 0.29) is 0 Å². The van der Waals surface area contributed by atoms with Gasteiger partial charge in [0.15, 0.2) is 0 Å². The van der Waals surface area contributed by atoms with Crippen molar-refractivity contribution in [1.29, 1.82) is 0 Å². The van der Waals surface area contributed by atoms with E-state index in [2.05, 4.69) is 45.9 Å². The second-order valence-electron chi connectivity index (χ2n) is 4.82. The Hall–Kier alpha value is 0.423. The van der Waals surface area contributed by atoms with Crippen molar-refractivity contribution in [3.63, 3.8) is 0 Å². The molecule has 0 heterocycles. The van der Waals surface area contributed by atoms with Gasteiger partial charge in [0.25, 0.3) is 0 Å². The van der Waals surface area contributed by atoms with Crippen molar-refractivity contribution in [1.82, 2.24) is 0 Å². The normalized spacial score (nSPS) is 12.8. The summed E-state index contributed by atoms with van der Waals surface area (Å²) < 4.78 is 0. The number of benzene rings is 1. The quantitative estimate of drug-likeness (QED) is 0.633. The molecule has 92 valence electrons. The minimum absolute atomic E-state index is 0.630. The van der Waals surface area contributed by atoms with E-state index in [9.17, 15) is 0 Å². The molecule has 0 unspecified atom stereocenters. The first-order chi connectivity index (χ1) is 7.99. The molecule has 0 amide bonds. The summed E-state index contributed by atoms with van der Waals surface area (Å²) in [5.41, 5.74) is 7.41. The summed E-state index contributed by atoms with van der Waals surface area (Å²) >= 11 is -0.826. The first-order valence-corrected chi connectivity index (χ1v) is 12.1. The van der Waals surface area contributed by atoms with Crippen LogP contribution in [0.1, 0.15) is 48.9 Å². The van der Waals surface area contributed by atoms with Crippen LogP contribution in [0.4, 0.5) is 0 Å². The number of allylic oxidation sites excluding steroid dienone is 1. The molecule has 0 N–H and O–H groups in total. The van der Waals surface area contributed by atoms with Crippen molar-refractivity contribution in [2.24, 2.45) is 0 Å². The third-order valence-electron chi connectivity index (χ3n) is 2.92. The Labute approximate surface area is 123 Å². The summed E-state index contributed by atoms with van der Waals surface area (Å²) in [4.78, 5) is 0. The van der Waals surface area contributed by atoms with Crippen LogP contribution in [0.25, 0.3) is 6.08 Å². The molecule has 1 aromatic carbocycles. The van der Waals surface area contributed by atoms with Crippen molar-refractivity contribution in [2.75, 3.05) is 0 Å². The summed E-state index contributed by atoms with van der Waals surface area (Å²) in [6.45, 7) is 8.96. The fourth-order valence-electron chi connectivity index (χ4n) is 2.30. The number of fused-ring (bicyclic) bond motifs is 1. The van der Waals surface area contributed by atoms with Crippen LogP contribution in [0, 0.1) is 6.92 Å². The molecule has 1 aromatic rings. The number of hydrogen-bond acceptors (Lipinski definition) is 0. The number of aryl methyl sites for hydroxylation is 1. The zero-order valence-electron chi connectivity index (χ0n) is 10.8. The van der Waals surface area contributed by atoms with Crippen LogP contribution in [0.5, 0.6) is 0 Å². The molecule has 0 saturated carbocycles. The van der Waals surface area contributed by atoms with Gasteiger partial charge < -0.3 is 0 Å². The van der Waals surface area contributed by atoms with Crippen LogP contribution in [0.2, 0.25) is 0 Å². The number of halogens is 2. The predicted molar refractivity (Wildman–Crippen MR) is 74.3 cm³/mol. The minimum atomic E-state index is -0.826. The first-order valence-electron chi connectivity index (χ1n) is 5.76. The van der Waals surface area contributed by atoms with Crippen LogP contribution < -0.4 is 0 Å². The van der Waals surface area contributed by atoms with E-state index in [0.717, 1.165) is 6.42 Å². The molecule has 0 bridgehead atoms. The number of rotatable bonds is 1. The molecule has 0 saturated heterocycles. The van der Waals surface area contributed by atoms with E-state index in [0.29, 0.717) is 5.92 Å². The van der Waals surface area contributed by atoms with Gasteiger partial charge in [0.1, 0.15) is 0 Å². The van der Waals surface area contributed by atoms with Gasteiger partial charge in [-0.25, -0.2) is 0 Å². The van der Waals surface area contributed by atoms with Crippen molar-refractivity contribution in [3.05, 3.63) is 40.0 Å². The second kappa shape index (κ2) is 7.12. The van der Waals surface area contributed by atoms with Crippen molar-refractivity contribution < 1.29 is 20.8 Å². The van der Waals surface area contributed by atoms with E-state index in [1.54, 1.807) is 0 Å². The standard InChI is InChI=1S/C14H18.2ClH.Zr/c1-9(2)13-7-10(3)5-12-6-11(4)8-14(12)13;;;/h5,7-9H,6H2,1-4H3;2*1H;/q;;;+2/p-2. The third kappa shape index (κ3) is 4.23. The monoisotopic (exact) mass is 346 g/mol. The Kier molecular flexibility index (Phi) is 6.48. The second-order valence-corrected chi connectivity index (χ2v) is 8.55. The number of hydrogen-bond donors (Lipinski definition) is 0. The zero-order valence-corrected chi connectivity index (χ0v) is 14.7. The van der Waals surface area contributed by atoms with Gasteiger partial charge in [-0.15, -0.1) is 0 Å². The Morgan fingerprint density at radius 3 is 2.29 bits per heavy atom. The molecule has 2 rings (SSSR count). The van der Waals surface area contributed by atoms with Gasteiger partial charge in [-0.05, 0) is 42.9 Å². The van der Waals surface area contributed by atoms with Gasteiger partial charge >= 0.3 is 37.9 Å². The van der Waals surface area contributed by atoms with Crippen LogP contribution >= 0.6 is 17.0 Å². The Balaban J connectivity index is 0.000000437. The molecule has 0 fully saturated rings. The first kappa shape index (κ1) is 15.5. The average Bonchev–Trinajstić information content (AvgIpc) is 2.57. The Morgan fingerprint density at radius 2 is 1.76 bits per heavy atom. The van der Waals surface area contributed by atoms with E-state index in [1.807, 2.05) is 0 Å². The van der Waals surface area contributed by atoms with Crippen molar-refractivity contribution in [3.8, 4) is 0 Å². The molecule has 0 spiro atoms. The summed E-state index contributed by atoms with van der Waals surface area (Å²) in [5, 5.41) is 0. The SMILES string of the molecule is CC1=Cc2c(cc(C)cc2C(C)C)C1.[Cl][Zr][Cl]. The summed E-state index contributed by atoms with van der Waals surface area (Å²) in [7, 11) is 9.87. The molecule has 1 aliphatic carbocycles. The van der Waals surface area contributed by atoms with E-state index < -0.39 is 20.8 Å². The Morgan fingerprint density at radius 1 is 1.18 bits per heavy atom. The van der Waals surface area contributed by atoms with E-state index >= 15 is 0 Å². The summed E-state index contributed by atoms with van der Waals surface area (Å²) in [6, 6.07) is 4.66. The molecule has 0 aromatic heterocycles. The van der Waals surface area contributed by atoms with Crippen molar-refractivity contribution in [2.45, 2.75) is 40.0 Å². The fraction of sp³-hybridized carbons (Fsp3) is 0.429. The van der Waals surface area contributed by atoms with Crippen molar-refractivity contribution >= 4 is 23.1 Å². The van der Waals surface area contributed by atoms with Gasteiger partial charge in [0.2, 0.25) is 0 Å². The van der Waals surface area contributed by atoms with E-state index in [4.69, 9.17) is 17.0 Å². The Bertz CT molecular complexity index is 422. The van der Waals surface area contributed by atoms with Gasteiger partial charge in [0, 0.05) is 0 Å². The molecular formula is C14H18Cl2Zr. The zero-order chi connectivity index (χ0) is 13.0. The topological polar surface area (TPSA) is 0 Å². The molecule has 0 radical (unpaired) electrons. The molecule has 17 heavy (non-hydrogen) atoms. The molecule has 0 atom stereocenters. The maximum atomic E-state index is 4.93. The molecular weight excluding hydrogens is 330 g/mol. The maximum absolute atomic E-state index is 4.93.